The standard InChI is InChI=1S/C12H16N2O/c1-7(2)9-5-6-10(8(3)4)12-11(9)13-14-15-12/h5-8H,1-4H3. The molecule has 0 bridgehead atoms. The monoisotopic (exact) mass is 204 g/mol. The molecule has 80 valence electrons. The Morgan fingerprint density at radius 2 is 1.60 bits per heavy atom. The summed E-state index contributed by atoms with van der Waals surface area (Å²) in [4.78, 5) is 0. The van der Waals surface area contributed by atoms with Crippen molar-refractivity contribution in [3.05, 3.63) is 23.3 Å². The van der Waals surface area contributed by atoms with Crippen LogP contribution in [-0.2, 0) is 0 Å². The Bertz CT molecular complexity index is 429. The molecule has 0 N–H and O–H groups in total. The number of hydrogen-bond acceptors (Lipinski definition) is 3. The first-order chi connectivity index (χ1) is 7.11. The first-order valence-electron chi connectivity index (χ1n) is 5.36. The van der Waals surface area contributed by atoms with Crippen molar-refractivity contribution in [3.8, 4) is 0 Å². The predicted octanol–water partition coefficient (Wildman–Crippen LogP) is 3.47. The molecule has 0 amide bonds. The second-order valence-electron chi connectivity index (χ2n) is 4.50. The van der Waals surface area contributed by atoms with E-state index in [-0.39, 0.29) is 0 Å². The minimum atomic E-state index is 0.434. The molecule has 1 aromatic carbocycles. The van der Waals surface area contributed by atoms with E-state index < -0.39 is 0 Å². The molecule has 3 heteroatoms. The van der Waals surface area contributed by atoms with Gasteiger partial charge >= 0.3 is 0 Å². The highest BCUT2D eigenvalue weighted by atomic mass is 16.5. The molecule has 0 unspecified atom stereocenters. The van der Waals surface area contributed by atoms with E-state index in [0.717, 1.165) is 11.1 Å². The Morgan fingerprint density at radius 1 is 1.00 bits per heavy atom. The molecule has 0 aliphatic rings. The van der Waals surface area contributed by atoms with Gasteiger partial charge in [-0.3, -0.25) is 0 Å². The Balaban J connectivity index is 2.71. The fraction of sp³-hybridized carbons (Fsp3) is 0.500. The lowest BCUT2D eigenvalue weighted by atomic mass is 9.95. The van der Waals surface area contributed by atoms with Gasteiger partial charge in [0.2, 0.25) is 0 Å². The third-order valence-electron chi connectivity index (χ3n) is 2.71. The second kappa shape index (κ2) is 3.65. The molecule has 2 aromatic rings. The highest BCUT2D eigenvalue weighted by Crippen LogP contribution is 2.29. The summed E-state index contributed by atoms with van der Waals surface area (Å²) in [6.45, 7) is 8.59. The van der Waals surface area contributed by atoms with Crippen LogP contribution in [0.4, 0.5) is 0 Å². The van der Waals surface area contributed by atoms with E-state index in [1.807, 2.05) is 0 Å². The third-order valence-corrected chi connectivity index (χ3v) is 2.71. The molecule has 0 aliphatic carbocycles. The minimum Gasteiger partial charge on any atom is -0.337 e. The van der Waals surface area contributed by atoms with Crippen LogP contribution in [0, 0.1) is 0 Å². The van der Waals surface area contributed by atoms with Gasteiger partial charge in [-0.1, -0.05) is 39.8 Å². The van der Waals surface area contributed by atoms with Crippen molar-refractivity contribution < 1.29 is 4.52 Å². The summed E-state index contributed by atoms with van der Waals surface area (Å²) in [5.41, 5.74) is 4.14. The number of hydrogen-bond donors (Lipinski definition) is 0. The lowest BCUT2D eigenvalue weighted by Gasteiger charge is -2.09. The van der Waals surface area contributed by atoms with Crippen LogP contribution in [0.1, 0.15) is 50.7 Å². The molecule has 1 heterocycles. The average molecular weight is 204 g/mol. The number of fused-ring (bicyclic) bond motifs is 1. The van der Waals surface area contributed by atoms with Gasteiger partial charge in [-0.2, -0.15) is 0 Å². The number of nitrogens with zero attached hydrogens (tertiary/aromatic N) is 2. The highest BCUT2D eigenvalue weighted by Gasteiger charge is 2.15. The summed E-state index contributed by atoms with van der Waals surface area (Å²) >= 11 is 0. The summed E-state index contributed by atoms with van der Waals surface area (Å²) in [6, 6.07) is 4.25. The fourth-order valence-corrected chi connectivity index (χ4v) is 1.82. The topological polar surface area (TPSA) is 38.9 Å². The average Bonchev–Trinajstić information content (AvgIpc) is 2.63. The maximum Gasteiger partial charge on any atom is 0.191 e. The van der Waals surface area contributed by atoms with Crippen molar-refractivity contribution in [1.29, 1.82) is 0 Å². The molecule has 2 rings (SSSR count). The van der Waals surface area contributed by atoms with E-state index in [1.54, 1.807) is 0 Å². The first-order valence-corrected chi connectivity index (χ1v) is 5.36. The molecule has 0 aliphatic heterocycles. The summed E-state index contributed by atoms with van der Waals surface area (Å²) in [5.74, 6) is 0.879. The van der Waals surface area contributed by atoms with Crippen LogP contribution in [0.2, 0.25) is 0 Å². The Morgan fingerprint density at radius 3 is 2.20 bits per heavy atom. The van der Waals surface area contributed by atoms with Crippen LogP contribution in [-0.4, -0.2) is 10.4 Å². The van der Waals surface area contributed by atoms with Gasteiger partial charge in [0.1, 0.15) is 5.52 Å². The molecule has 0 fully saturated rings. The molecule has 1 aromatic heterocycles. The van der Waals surface area contributed by atoms with E-state index in [0.29, 0.717) is 11.8 Å². The summed E-state index contributed by atoms with van der Waals surface area (Å²) in [7, 11) is 0. The van der Waals surface area contributed by atoms with E-state index in [1.165, 1.54) is 11.1 Å². The van der Waals surface area contributed by atoms with Crippen LogP contribution in [0.25, 0.3) is 11.1 Å². The second-order valence-corrected chi connectivity index (χ2v) is 4.50. The highest BCUT2D eigenvalue weighted by molar-refractivity contribution is 5.80. The van der Waals surface area contributed by atoms with Crippen LogP contribution in [0.5, 0.6) is 0 Å². The van der Waals surface area contributed by atoms with Gasteiger partial charge in [-0.25, -0.2) is 0 Å². The van der Waals surface area contributed by atoms with Crippen molar-refractivity contribution in [1.82, 2.24) is 10.4 Å². The zero-order valence-electron chi connectivity index (χ0n) is 9.61. The summed E-state index contributed by atoms with van der Waals surface area (Å²) < 4.78 is 5.24. The van der Waals surface area contributed by atoms with Gasteiger partial charge in [-0.05, 0) is 17.4 Å². The third kappa shape index (κ3) is 1.62. The van der Waals surface area contributed by atoms with E-state index >= 15 is 0 Å². The molecule has 0 saturated heterocycles. The molecule has 3 nitrogen and oxygen atoms in total. The Hall–Kier alpha value is -1.38. The lowest BCUT2D eigenvalue weighted by molar-refractivity contribution is 0.421. The van der Waals surface area contributed by atoms with Crippen molar-refractivity contribution in [2.45, 2.75) is 39.5 Å². The van der Waals surface area contributed by atoms with Gasteiger partial charge in [0.15, 0.2) is 5.58 Å². The molecule has 0 spiro atoms. The quantitative estimate of drug-likeness (QED) is 0.751. The number of benzene rings is 1. The molecular weight excluding hydrogens is 188 g/mol. The Kier molecular flexibility index (Phi) is 2.47. The first kappa shape index (κ1) is 10.1. The zero-order valence-corrected chi connectivity index (χ0v) is 9.61. The number of rotatable bonds is 2. The largest absolute Gasteiger partial charge is 0.337 e. The van der Waals surface area contributed by atoms with Crippen molar-refractivity contribution in [3.63, 3.8) is 0 Å². The van der Waals surface area contributed by atoms with E-state index in [4.69, 9.17) is 4.52 Å². The maximum absolute atomic E-state index is 5.24. The van der Waals surface area contributed by atoms with Crippen molar-refractivity contribution >= 4 is 11.1 Å². The van der Waals surface area contributed by atoms with Crippen LogP contribution in [0.3, 0.4) is 0 Å². The predicted molar refractivity (Wildman–Crippen MR) is 60.0 cm³/mol. The van der Waals surface area contributed by atoms with Crippen LogP contribution >= 0.6 is 0 Å². The summed E-state index contributed by atoms with van der Waals surface area (Å²) in [5, 5.41) is 7.73. The normalized spacial score (nSPS) is 11.9. The van der Waals surface area contributed by atoms with Crippen LogP contribution < -0.4 is 0 Å². The van der Waals surface area contributed by atoms with Gasteiger partial charge in [0.05, 0.1) is 0 Å². The van der Waals surface area contributed by atoms with E-state index in [9.17, 15) is 0 Å². The van der Waals surface area contributed by atoms with Gasteiger partial charge in [0.25, 0.3) is 0 Å². The van der Waals surface area contributed by atoms with Crippen molar-refractivity contribution in [2.75, 3.05) is 0 Å². The number of aromatic nitrogens is 2. The summed E-state index contributed by atoms with van der Waals surface area (Å²) in [6.07, 6.45) is 0. The molecule has 15 heavy (non-hydrogen) atoms. The van der Waals surface area contributed by atoms with Gasteiger partial charge < -0.3 is 4.52 Å². The molecule has 0 saturated carbocycles. The minimum absolute atomic E-state index is 0.434. The molecule has 0 radical (unpaired) electrons. The van der Waals surface area contributed by atoms with Crippen LogP contribution in [0.15, 0.2) is 16.7 Å². The smallest absolute Gasteiger partial charge is 0.191 e. The SMILES string of the molecule is CC(C)c1ccc(C(C)C)c2onnc12. The van der Waals surface area contributed by atoms with E-state index in [2.05, 4.69) is 50.2 Å². The molecular formula is C12H16N2O. The lowest BCUT2D eigenvalue weighted by Crippen LogP contribution is -1.94. The van der Waals surface area contributed by atoms with Gasteiger partial charge in [-0.15, -0.1) is 5.10 Å². The Labute approximate surface area is 89.5 Å². The maximum atomic E-state index is 5.24. The fourth-order valence-electron chi connectivity index (χ4n) is 1.82. The van der Waals surface area contributed by atoms with Crippen molar-refractivity contribution in [2.24, 2.45) is 0 Å². The molecule has 0 atom stereocenters. The van der Waals surface area contributed by atoms with Gasteiger partial charge in [0, 0.05) is 10.8 Å². The zero-order chi connectivity index (χ0) is 11.0.